The van der Waals surface area contributed by atoms with Crippen LogP contribution in [0.3, 0.4) is 0 Å². The Morgan fingerprint density at radius 1 is 1.20 bits per heavy atom. The maximum atomic E-state index is 11.8. The summed E-state index contributed by atoms with van der Waals surface area (Å²) < 4.78 is 5.65. The molecule has 0 aliphatic rings. The number of halogens is 1. The molecule has 0 aromatic heterocycles. The first-order chi connectivity index (χ1) is 11.5. The Morgan fingerprint density at radius 3 is 2.48 bits per heavy atom. The van der Waals surface area contributed by atoms with Crippen molar-refractivity contribution in [2.24, 2.45) is 10.4 Å². The van der Waals surface area contributed by atoms with Crippen molar-refractivity contribution >= 4 is 35.8 Å². The van der Waals surface area contributed by atoms with Gasteiger partial charge in [0.25, 0.3) is 0 Å². The van der Waals surface area contributed by atoms with Crippen molar-refractivity contribution in [2.75, 3.05) is 33.3 Å². The number of para-hydroxylation sites is 1. The fourth-order valence-electron chi connectivity index (χ4n) is 2.01. The van der Waals surface area contributed by atoms with Crippen LogP contribution in [-0.4, -0.2) is 45.2 Å². The molecule has 0 fully saturated rings. The van der Waals surface area contributed by atoms with Crippen LogP contribution in [0, 0.1) is 5.41 Å². The Balaban J connectivity index is 0.00000576. The van der Waals surface area contributed by atoms with Crippen molar-refractivity contribution < 1.29 is 9.53 Å². The zero-order valence-electron chi connectivity index (χ0n) is 15.6. The lowest BCUT2D eigenvalue weighted by Crippen LogP contribution is -2.41. The second-order valence-electron chi connectivity index (χ2n) is 6.10. The van der Waals surface area contributed by atoms with Crippen molar-refractivity contribution in [3.63, 3.8) is 0 Å². The summed E-state index contributed by atoms with van der Waals surface area (Å²) in [5.74, 6) is 1.58. The molecule has 0 bridgehead atoms. The summed E-state index contributed by atoms with van der Waals surface area (Å²) in [5, 5.41) is 9.12. The first kappa shape index (κ1) is 23.5. The number of nitrogens with one attached hydrogen (secondary N) is 3. The molecule has 0 aliphatic heterocycles. The average molecular weight is 462 g/mol. The smallest absolute Gasteiger partial charge is 0.227 e. The highest BCUT2D eigenvalue weighted by Crippen LogP contribution is 2.15. The van der Waals surface area contributed by atoms with E-state index >= 15 is 0 Å². The maximum Gasteiger partial charge on any atom is 0.227 e. The number of guanidine groups is 1. The van der Waals surface area contributed by atoms with Gasteiger partial charge < -0.3 is 20.7 Å². The fourth-order valence-corrected chi connectivity index (χ4v) is 2.01. The summed E-state index contributed by atoms with van der Waals surface area (Å²) in [6, 6.07) is 9.77. The molecule has 1 aromatic rings. The number of hydrogen-bond acceptors (Lipinski definition) is 3. The molecule has 0 spiro atoms. The second-order valence-corrected chi connectivity index (χ2v) is 6.10. The largest absolute Gasteiger partial charge is 0.494 e. The van der Waals surface area contributed by atoms with Crippen molar-refractivity contribution in [1.82, 2.24) is 16.0 Å². The Morgan fingerprint density at radius 2 is 1.88 bits per heavy atom. The van der Waals surface area contributed by atoms with Crippen molar-refractivity contribution in [3.05, 3.63) is 30.3 Å². The zero-order chi connectivity index (χ0) is 17.8. The number of aliphatic imine (C=N–C) groups is 1. The highest BCUT2D eigenvalue weighted by molar-refractivity contribution is 14.0. The van der Waals surface area contributed by atoms with Crippen molar-refractivity contribution in [3.8, 4) is 5.75 Å². The van der Waals surface area contributed by atoms with E-state index in [-0.39, 0.29) is 29.9 Å². The van der Waals surface area contributed by atoms with Gasteiger partial charge in [0.2, 0.25) is 5.91 Å². The third-order valence-corrected chi connectivity index (χ3v) is 3.44. The lowest BCUT2D eigenvalue weighted by Gasteiger charge is -2.21. The molecule has 0 unspecified atom stereocenters. The summed E-state index contributed by atoms with van der Waals surface area (Å²) >= 11 is 0. The number of benzene rings is 1. The molecule has 1 rings (SSSR count). The summed E-state index contributed by atoms with van der Waals surface area (Å²) in [4.78, 5) is 16.3. The molecular weight excluding hydrogens is 431 g/mol. The first-order valence-corrected chi connectivity index (χ1v) is 8.42. The van der Waals surface area contributed by atoms with Gasteiger partial charge in [0, 0.05) is 20.1 Å². The van der Waals surface area contributed by atoms with Crippen LogP contribution in [0.2, 0.25) is 0 Å². The van der Waals surface area contributed by atoms with E-state index in [9.17, 15) is 4.79 Å². The Kier molecular flexibility index (Phi) is 12.0. The van der Waals surface area contributed by atoms with Gasteiger partial charge in [0.1, 0.15) is 5.75 Å². The van der Waals surface area contributed by atoms with Gasteiger partial charge in [-0.15, -0.1) is 24.0 Å². The minimum absolute atomic E-state index is 0. The molecule has 3 N–H and O–H groups in total. The lowest BCUT2D eigenvalue weighted by atomic mass is 9.93. The number of amides is 1. The fraction of sp³-hybridized carbons (Fsp3) is 0.556. The third-order valence-electron chi connectivity index (χ3n) is 3.44. The summed E-state index contributed by atoms with van der Waals surface area (Å²) in [6.07, 6.45) is 0.859. The standard InChI is InChI=1S/C18H30N4O2.HI/c1-5-20-17(22-14-18(2,3)16(23)19-4)21-12-9-13-24-15-10-7-6-8-11-15;/h6-8,10-11H,5,9,12-14H2,1-4H3,(H,19,23)(H2,20,21,22);1H. The normalized spacial score (nSPS) is 11.3. The number of hydrogen-bond donors (Lipinski definition) is 3. The van der Waals surface area contributed by atoms with Crippen molar-refractivity contribution in [1.29, 1.82) is 0 Å². The number of ether oxygens (including phenoxy) is 1. The highest BCUT2D eigenvalue weighted by atomic mass is 127. The summed E-state index contributed by atoms with van der Waals surface area (Å²) in [7, 11) is 1.64. The van der Waals surface area contributed by atoms with E-state index in [0.717, 1.165) is 25.3 Å². The number of rotatable bonds is 9. The number of nitrogens with zero attached hydrogens (tertiary/aromatic N) is 1. The highest BCUT2D eigenvalue weighted by Gasteiger charge is 2.26. The van der Waals surface area contributed by atoms with Crippen LogP contribution < -0.4 is 20.7 Å². The van der Waals surface area contributed by atoms with E-state index in [0.29, 0.717) is 19.1 Å². The van der Waals surface area contributed by atoms with Crippen LogP contribution in [0.15, 0.2) is 35.3 Å². The van der Waals surface area contributed by atoms with E-state index < -0.39 is 5.41 Å². The Labute approximate surface area is 168 Å². The van der Waals surface area contributed by atoms with Crippen LogP contribution >= 0.6 is 24.0 Å². The molecule has 7 heteroatoms. The maximum absolute atomic E-state index is 11.8. The van der Waals surface area contributed by atoms with Crippen LogP contribution in [0.1, 0.15) is 27.2 Å². The molecule has 6 nitrogen and oxygen atoms in total. The predicted molar refractivity (Wildman–Crippen MR) is 114 cm³/mol. The quantitative estimate of drug-likeness (QED) is 0.228. The summed E-state index contributed by atoms with van der Waals surface area (Å²) in [6.45, 7) is 8.35. The molecule has 25 heavy (non-hydrogen) atoms. The molecule has 0 saturated heterocycles. The SMILES string of the molecule is CCNC(=NCC(C)(C)C(=O)NC)NCCCOc1ccccc1.I. The molecule has 0 radical (unpaired) electrons. The molecule has 0 saturated carbocycles. The van der Waals surface area contributed by atoms with Crippen LogP contribution in [0.25, 0.3) is 0 Å². The predicted octanol–water partition coefficient (Wildman–Crippen LogP) is 2.40. The van der Waals surface area contributed by atoms with Crippen LogP contribution in [-0.2, 0) is 4.79 Å². The minimum Gasteiger partial charge on any atom is -0.494 e. The van der Waals surface area contributed by atoms with E-state index in [1.54, 1.807) is 7.05 Å². The molecule has 1 amide bonds. The van der Waals surface area contributed by atoms with E-state index in [1.165, 1.54) is 0 Å². The third kappa shape index (κ3) is 9.52. The van der Waals surface area contributed by atoms with E-state index in [1.807, 2.05) is 51.1 Å². The van der Waals surface area contributed by atoms with E-state index in [4.69, 9.17) is 4.74 Å². The first-order valence-electron chi connectivity index (χ1n) is 8.42. The molecular formula is C18H31IN4O2. The molecule has 142 valence electrons. The molecule has 0 heterocycles. The van der Waals surface area contributed by atoms with Gasteiger partial charge in [0.15, 0.2) is 5.96 Å². The zero-order valence-corrected chi connectivity index (χ0v) is 17.9. The van der Waals surface area contributed by atoms with Gasteiger partial charge in [0.05, 0.1) is 18.6 Å². The van der Waals surface area contributed by atoms with Crippen LogP contribution in [0.5, 0.6) is 5.75 Å². The Bertz CT molecular complexity index is 521. The van der Waals surface area contributed by atoms with Crippen molar-refractivity contribution in [2.45, 2.75) is 27.2 Å². The van der Waals surface area contributed by atoms with Gasteiger partial charge in [-0.1, -0.05) is 18.2 Å². The van der Waals surface area contributed by atoms with Gasteiger partial charge in [-0.05, 0) is 39.3 Å². The number of carbonyl (C=O) groups is 1. The molecule has 0 aliphatic carbocycles. The monoisotopic (exact) mass is 462 g/mol. The lowest BCUT2D eigenvalue weighted by molar-refractivity contribution is -0.128. The van der Waals surface area contributed by atoms with Gasteiger partial charge in [-0.25, -0.2) is 0 Å². The van der Waals surface area contributed by atoms with Gasteiger partial charge in [-0.3, -0.25) is 9.79 Å². The summed E-state index contributed by atoms with van der Waals surface area (Å²) in [5.41, 5.74) is -0.534. The Hall–Kier alpha value is -1.51. The average Bonchev–Trinajstić information content (AvgIpc) is 2.59. The van der Waals surface area contributed by atoms with E-state index in [2.05, 4.69) is 20.9 Å². The minimum atomic E-state index is -0.534. The van der Waals surface area contributed by atoms with Gasteiger partial charge >= 0.3 is 0 Å². The molecule has 1 aromatic carbocycles. The van der Waals surface area contributed by atoms with Crippen LogP contribution in [0.4, 0.5) is 0 Å². The second kappa shape index (κ2) is 12.8. The number of carbonyl (C=O) groups excluding carboxylic acids is 1. The van der Waals surface area contributed by atoms with Gasteiger partial charge in [-0.2, -0.15) is 0 Å². The topological polar surface area (TPSA) is 74.8 Å². The molecule has 0 atom stereocenters.